The summed E-state index contributed by atoms with van der Waals surface area (Å²) >= 11 is 0. The lowest BCUT2D eigenvalue weighted by atomic mass is 9.55. The average Bonchev–Trinajstić information content (AvgIpc) is 3.32. The second kappa shape index (κ2) is 13.4. The number of benzene rings is 2. The molecule has 2 aromatic rings. The Balaban J connectivity index is 1.13. The van der Waals surface area contributed by atoms with Crippen LogP contribution >= 0.6 is 0 Å². The average molecular weight is 703 g/mol. The summed E-state index contributed by atoms with van der Waals surface area (Å²) in [4.78, 5) is 0. The second-order valence-corrected chi connectivity index (χ2v) is 12.9. The van der Waals surface area contributed by atoms with Gasteiger partial charge in [0.25, 0.3) is 0 Å². The Morgan fingerprint density at radius 3 is 2.02 bits per heavy atom. The highest BCUT2D eigenvalue weighted by Gasteiger charge is 2.85. The Kier molecular flexibility index (Phi) is 10.2. The molecule has 0 amide bonds. The van der Waals surface area contributed by atoms with Gasteiger partial charge >= 0.3 is 24.1 Å². The monoisotopic (exact) mass is 702 g/mol. The number of aromatic hydroxyl groups is 1. The summed E-state index contributed by atoms with van der Waals surface area (Å²) in [5.41, 5.74) is -4.15. The van der Waals surface area contributed by atoms with Gasteiger partial charge in [-0.2, -0.15) is 39.5 Å². The van der Waals surface area contributed by atoms with Crippen LogP contribution in [0, 0.1) is 23.1 Å². The molecule has 1 N–H and O–H groups in total. The predicted molar refractivity (Wildman–Crippen MR) is 151 cm³/mol. The van der Waals surface area contributed by atoms with Crippen LogP contribution in [0.1, 0.15) is 62.5 Å². The maximum Gasteiger partial charge on any atom is 0.435 e. The van der Waals surface area contributed by atoms with E-state index in [1.165, 1.54) is 23.3 Å². The van der Waals surface area contributed by atoms with Gasteiger partial charge in [0.05, 0.1) is 12.7 Å². The van der Waals surface area contributed by atoms with Gasteiger partial charge in [-0.3, -0.25) is 0 Å². The minimum Gasteiger partial charge on any atom is -0.505 e. The number of ether oxygens (including phenoxy) is 4. The van der Waals surface area contributed by atoms with Gasteiger partial charge in [-0.1, -0.05) is 13.0 Å². The van der Waals surface area contributed by atoms with Crippen LogP contribution in [0.2, 0.25) is 0 Å². The number of phenolic OH excluding ortho intramolecular Hbond substituents is 1. The number of halogens is 10. The molecule has 15 heteroatoms. The number of phenols is 1. The summed E-state index contributed by atoms with van der Waals surface area (Å²) < 4.78 is 152. The maximum absolute atomic E-state index is 13.5. The van der Waals surface area contributed by atoms with Crippen molar-refractivity contribution >= 4 is 0 Å². The second-order valence-electron chi connectivity index (χ2n) is 12.9. The first kappa shape index (κ1) is 36.3. The number of fused-ring (bicyclic) bond motifs is 5. The Morgan fingerprint density at radius 2 is 1.40 bits per heavy atom. The highest BCUT2D eigenvalue weighted by Crippen LogP contribution is 2.62. The molecule has 0 spiro atoms. The maximum atomic E-state index is 13.5. The lowest BCUT2D eigenvalue weighted by molar-refractivity contribution is -0.457. The minimum atomic E-state index is -6.75. The van der Waals surface area contributed by atoms with E-state index in [4.69, 9.17) is 14.2 Å². The Hall–Kier alpha value is -2.94. The van der Waals surface area contributed by atoms with Gasteiger partial charge in [0.1, 0.15) is 24.7 Å². The molecular weight excluding hydrogens is 666 g/mol. The number of rotatable bonds is 11. The Morgan fingerprint density at radius 1 is 0.771 bits per heavy atom. The van der Waals surface area contributed by atoms with E-state index in [1.54, 1.807) is 0 Å². The summed E-state index contributed by atoms with van der Waals surface area (Å²) in [6.07, 6.45) is -16.4. The van der Waals surface area contributed by atoms with E-state index in [0.717, 1.165) is 38.2 Å². The molecule has 0 bridgehead atoms. The van der Waals surface area contributed by atoms with Crippen LogP contribution in [-0.4, -0.2) is 61.8 Å². The lowest BCUT2D eigenvalue weighted by Crippen LogP contribution is -2.67. The molecule has 0 unspecified atom stereocenters. The fourth-order valence-electron chi connectivity index (χ4n) is 8.01. The van der Waals surface area contributed by atoms with Gasteiger partial charge in [-0.15, -0.1) is 0 Å². The fraction of sp³-hybridized carbons (Fsp3) is 0.636. The van der Waals surface area contributed by atoms with E-state index < -0.39 is 48.7 Å². The Labute approximate surface area is 270 Å². The number of alkyl halides is 9. The first-order chi connectivity index (χ1) is 22.4. The number of hydrogen-bond acceptors (Lipinski definition) is 5. The van der Waals surface area contributed by atoms with Gasteiger partial charge in [-0.05, 0) is 104 Å². The highest BCUT2D eigenvalue weighted by atomic mass is 19.4. The third-order valence-electron chi connectivity index (χ3n) is 10.3. The van der Waals surface area contributed by atoms with Crippen molar-refractivity contribution in [2.75, 3.05) is 26.4 Å². The van der Waals surface area contributed by atoms with Crippen molar-refractivity contribution in [1.82, 2.24) is 0 Å². The van der Waals surface area contributed by atoms with Gasteiger partial charge in [0.2, 0.25) is 0 Å². The zero-order valence-corrected chi connectivity index (χ0v) is 25.9. The van der Waals surface area contributed by atoms with E-state index in [2.05, 4.69) is 17.7 Å². The van der Waals surface area contributed by atoms with Crippen LogP contribution in [0.4, 0.5) is 43.9 Å². The molecule has 0 aliphatic heterocycles. The molecule has 3 aliphatic rings. The van der Waals surface area contributed by atoms with Crippen molar-refractivity contribution in [3.8, 4) is 17.2 Å². The van der Waals surface area contributed by atoms with E-state index >= 15 is 0 Å². The molecule has 5 atom stereocenters. The molecule has 5 nitrogen and oxygen atoms in total. The molecule has 268 valence electrons. The molecule has 2 aromatic carbocycles. The number of hydrogen-bond donors (Lipinski definition) is 1. The van der Waals surface area contributed by atoms with E-state index in [0.29, 0.717) is 24.0 Å². The topological polar surface area (TPSA) is 57.2 Å². The first-order valence-electron chi connectivity index (χ1n) is 15.7. The van der Waals surface area contributed by atoms with E-state index in [1.807, 2.05) is 12.1 Å². The highest BCUT2D eigenvalue weighted by molar-refractivity contribution is 5.41. The van der Waals surface area contributed by atoms with Gasteiger partial charge in [0.15, 0.2) is 11.6 Å². The largest absolute Gasteiger partial charge is 0.505 e. The van der Waals surface area contributed by atoms with Crippen LogP contribution in [0.15, 0.2) is 36.4 Å². The number of aryl methyl sites for hydroxylation is 1. The summed E-state index contributed by atoms with van der Waals surface area (Å²) in [6, 6.07) is 9.70. The zero-order valence-electron chi connectivity index (χ0n) is 25.9. The van der Waals surface area contributed by atoms with Crippen LogP contribution in [0.3, 0.4) is 0 Å². The molecule has 2 fully saturated rings. The van der Waals surface area contributed by atoms with Crippen molar-refractivity contribution in [1.29, 1.82) is 0 Å². The zero-order chi connectivity index (χ0) is 35.1. The van der Waals surface area contributed by atoms with E-state index in [9.17, 15) is 49.0 Å². The van der Waals surface area contributed by atoms with Crippen LogP contribution < -0.4 is 9.47 Å². The van der Waals surface area contributed by atoms with E-state index in [-0.39, 0.29) is 43.0 Å². The standard InChI is InChI=1S/C33H36F10O5/c1-29-12-11-23-22-7-4-20(45-15-16-46-21-5-9-27(44)26(34)18-21)17-19(22)3-6-24(23)25(29)8-10-28(29)47-13-2-14-48-30(31(35,36)37,32(38,39)40)33(41,42)43/h4-5,7,9,17-18,23-25,28,44H,2-3,6,8,10-16H2,1H3/t23-,24-,25+,28+,29+/m1/s1. The SMILES string of the molecule is C[C@]12CC[C@@H]3c4ccc(OCCOc5ccc(O)c(F)c5)cc4CC[C@H]3[C@@H]1CC[C@@H]2OCCCOC(C(F)(F)F)(C(F)(F)F)C(F)(F)F. The van der Waals surface area contributed by atoms with Crippen LogP contribution in [0.25, 0.3) is 0 Å². The fourth-order valence-corrected chi connectivity index (χ4v) is 8.01. The molecule has 0 saturated heterocycles. The third-order valence-corrected chi connectivity index (χ3v) is 10.3. The molecule has 48 heavy (non-hydrogen) atoms. The molecule has 5 rings (SSSR count). The summed E-state index contributed by atoms with van der Waals surface area (Å²) in [5.74, 6) is 0.580. The van der Waals surface area contributed by atoms with Crippen LogP contribution in [0.5, 0.6) is 17.2 Å². The van der Waals surface area contributed by atoms with Crippen molar-refractivity contribution < 1.29 is 68.0 Å². The Bertz CT molecular complexity index is 1390. The first-order valence-corrected chi connectivity index (χ1v) is 15.7. The van der Waals surface area contributed by atoms with Crippen molar-refractivity contribution in [3.05, 3.63) is 53.3 Å². The minimum absolute atomic E-state index is 0.165. The molecule has 2 saturated carbocycles. The van der Waals surface area contributed by atoms with Gasteiger partial charge in [0, 0.05) is 12.7 Å². The predicted octanol–water partition coefficient (Wildman–Crippen LogP) is 9.06. The lowest BCUT2D eigenvalue weighted by Gasteiger charge is -2.50. The smallest absolute Gasteiger partial charge is 0.435 e. The van der Waals surface area contributed by atoms with Crippen molar-refractivity contribution in [3.63, 3.8) is 0 Å². The van der Waals surface area contributed by atoms with Crippen molar-refractivity contribution in [2.45, 2.75) is 88.0 Å². The van der Waals surface area contributed by atoms with Gasteiger partial charge in [-0.25, -0.2) is 4.39 Å². The molecule has 0 aromatic heterocycles. The molecule has 3 aliphatic carbocycles. The third kappa shape index (κ3) is 6.77. The molecular formula is C33H36F10O5. The summed E-state index contributed by atoms with van der Waals surface area (Å²) in [7, 11) is 0. The van der Waals surface area contributed by atoms with Crippen molar-refractivity contribution in [2.24, 2.45) is 17.3 Å². The summed E-state index contributed by atoms with van der Waals surface area (Å²) in [5, 5.41) is 9.28. The summed E-state index contributed by atoms with van der Waals surface area (Å²) in [6.45, 7) is 0.676. The quantitative estimate of drug-likeness (QED) is 0.187. The normalized spacial score (nSPS) is 26.1. The molecule has 0 radical (unpaired) electrons. The van der Waals surface area contributed by atoms with Crippen LogP contribution in [-0.2, 0) is 15.9 Å². The molecule has 0 heterocycles. The van der Waals surface area contributed by atoms with Gasteiger partial charge < -0.3 is 24.1 Å².